The molecule has 0 unspecified atom stereocenters. The smallest absolute Gasteiger partial charge is 0.490 e. The number of aliphatic carboxylic acids is 1. The van der Waals surface area contributed by atoms with Crippen molar-refractivity contribution in [3.8, 4) is 17.0 Å². The van der Waals surface area contributed by atoms with Crippen LogP contribution in [-0.4, -0.2) is 52.5 Å². The molecule has 0 fully saturated rings. The first-order valence-corrected chi connectivity index (χ1v) is 10.3. The fraction of sp³-hybridized carbons (Fsp3) is 0.250. The van der Waals surface area contributed by atoms with Gasteiger partial charge in [0, 0.05) is 42.9 Å². The van der Waals surface area contributed by atoms with Crippen LogP contribution in [0.3, 0.4) is 0 Å². The number of nitrogens with zero attached hydrogens (tertiary/aromatic N) is 2. The first kappa shape index (κ1) is 25.0. The molecule has 10 heteroatoms. The summed E-state index contributed by atoms with van der Waals surface area (Å²) in [5.74, 6) is -2.12. The summed E-state index contributed by atoms with van der Waals surface area (Å²) >= 11 is 0. The third kappa shape index (κ3) is 6.67. The lowest BCUT2D eigenvalue weighted by molar-refractivity contribution is -0.192. The predicted octanol–water partition coefficient (Wildman–Crippen LogP) is 4.93. The molecule has 0 aliphatic carbocycles. The minimum atomic E-state index is -5.08. The van der Waals surface area contributed by atoms with Crippen LogP contribution >= 0.6 is 0 Å². The number of rotatable bonds is 5. The number of H-pyrrole nitrogens is 1. The van der Waals surface area contributed by atoms with Gasteiger partial charge >= 0.3 is 12.1 Å². The summed E-state index contributed by atoms with van der Waals surface area (Å²) in [4.78, 5) is 11.3. The van der Waals surface area contributed by atoms with Gasteiger partial charge in [0.2, 0.25) is 0 Å². The van der Waals surface area contributed by atoms with Crippen molar-refractivity contribution in [3.63, 3.8) is 0 Å². The number of aromatic amines is 1. The number of aromatic nitrogens is 2. The molecule has 34 heavy (non-hydrogen) atoms. The monoisotopic (exact) mass is 477 g/mol. The fourth-order valence-corrected chi connectivity index (χ4v) is 3.41. The van der Waals surface area contributed by atoms with Gasteiger partial charge in [0.1, 0.15) is 11.6 Å². The Kier molecular flexibility index (Phi) is 8.06. The lowest BCUT2D eigenvalue weighted by Gasteiger charge is -2.25. The zero-order chi connectivity index (χ0) is 24.7. The number of nitrogens with one attached hydrogen (secondary N) is 1. The lowest BCUT2D eigenvalue weighted by atomic mass is 10.0. The molecule has 0 radical (unpaired) electrons. The number of methoxy groups -OCH3 is 1. The Morgan fingerprint density at radius 2 is 1.82 bits per heavy atom. The van der Waals surface area contributed by atoms with Crippen LogP contribution in [0.25, 0.3) is 17.3 Å². The second kappa shape index (κ2) is 11.0. The highest BCUT2D eigenvalue weighted by molar-refractivity contribution is 5.73. The number of carbonyl (C=O) groups is 1. The average molecular weight is 477 g/mol. The van der Waals surface area contributed by atoms with Gasteiger partial charge in [-0.1, -0.05) is 24.3 Å². The fourth-order valence-electron chi connectivity index (χ4n) is 3.41. The second-order valence-corrected chi connectivity index (χ2v) is 7.50. The van der Waals surface area contributed by atoms with E-state index in [1.54, 1.807) is 19.2 Å². The molecule has 2 aromatic carbocycles. The molecule has 6 nitrogen and oxygen atoms in total. The van der Waals surface area contributed by atoms with E-state index in [-0.39, 0.29) is 5.82 Å². The number of ether oxygens (including phenoxy) is 1. The molecular formula is C24H23F4N3O3. The molecule has 1 aliphatic rings. The number of alkyl halides is 3. The van der Waals surface area contributed by atoms with Crippen molar-refractivity contribution < 1.29 is 32.2 Å². The van der Waals surface area contributed by atoms with Gasteiger partial charge in [0.05, 0.1) is 12.8 Å². The largest absolute Gasteiger partial charge is 0.497 e. The minimum Gasteiger partial charge on any atom is -0.497 e. The third-order valence-electron chi connectivity index (χ3n) is 5.16. The highest BCUT2D eigenvalue weighted by atomic mass is 19.4. The Labute approximate surface area is 193 Å². The molecule has 2 N–H and O–H groups in total. The van der Waals surface area contributed by atoms with Crippen LogP contribution in [0, 0.1) is 5.82 Å². The van der Waals surface area contributed by atoms with E-state index in [1.165, 1.54) is 23.4 Å². The number of halogens is 4. The molecule has 180 valence electrons. The van der Waals surface area contributed by atoms with Crippen LogP contribution in [-0.2, 0) is 17.8 Å². The maximum absolute atomic E-state index is 13.2. The Balaban J connectivity index is 0.000000406. The Morgan fingerprint density at radius 1 is 1.18 bits per heavy atom. The molecule has 0 bridgehead atoms. The number of benzene rings is 2. The number of carboxylic acids is 1. The van der Waals surface area contributed by atoms with E-state index >= 15 is 0 Å². The SMILES string of the molecule is COc1ccc(/C=C/CN2CCc3[nH]nc(-c4ccc(F)cc4)c3C2)cc1.O=C(O)C(F)(F)F. The average Bonchev–Trinajstić information content (AvgIpc) is 3.23. The maximum Gasteiger partial charge on any atom is 0.490 e. The molecule has 0 spiro atoms. The van der Waals surface area contributed by atoms with E-state index in [9.17, 15) is 17.6 Å². The highest BCUT2D eigenvalue weighted by Crippen LogP contribution is 2.28. The Bertz CT molecular complexity index is 1120. The van der Waals surface area contributed by atoms with Crippen molar-refractivity contribution in [1.82, 2.24) is 15.1 Å². The minimum absolute atomic E-state index is 0.228. The van der Waals surface area contributed by atoms with E-state index in [0.717, 1.165) is 48.6 Å². The van der Waals surface area contributed by atoms with Gasteiger partial charge < -0.3 is 9.84 Å². The van der Waals surface area contributed by atoms with Gasteiger partial charge in [-0.15, -0.1) is 0 Å². The van der Waals surface area contributed by atoms with E-state index in [1.807, 2.05) is 24.3 Å². The summed E-state index contributed by atoms with van der Waals surface area (Å²) in [6.07, 6.45) is 0.176. The van der Waals surface area contributed by atoms with Gasteiger partial charge in [-0.2, -0.15) is 18.3 Å². The van der Waals surface area contributed by atoms with Crippen molar-refractivity contribution in [1.29, 1.82) is 0 Å². The van der Waals surface area contributed by atoms with Gasteiger partial charge in [-0.05, 0) is 42.0 Å². The number of hydrogen-bond acceptors (Lipinski definition) is 4. The topological polar surface area (TPSA) is 78.5 Å². The van der Waals surface area contributed by atoms with Crippen molar-refractivity contribution in [3.05, 3.63) is 77.2 Å². The third-order valence-corrected chi connectivity index (χ3v) is 5.16. The summed E-state index contributed by atoms with van der Waals surface area (Å²) in [6.45, 7) is 2.70. The second-order valence-electron chi connectivity index (χ2n) is 7.50. The van der Waals surface area contributed by atoms with Crippen LogP contribution in [0.15, 0.2) is 54.6 Å². The van der Waals surface area contributed by atoms with Crippen molar-refractivity contribution in [2.75, 3.05) is 20.2 Å². The quantitative estimate of drug-likeness (QED) is 0.510. The zero-order valence-corrected chi connectivity index (χ0v) is 18.3. The van der Waals surface area contributed by atoms with Crippen LogP contribution < -0.4 is 4.74 Å². The number of fused-ring (bicyclic) bond motifs is 1. The Morgan fingerprint density at radius 3 is 2.41 bits per heavy atom. The standard InChI is InChI=1S/C22H22FN3O.C2HF3O2/c1-27-19-10-4-16(5-11-19)3-2-13-26-14-12-21-20(15-26)22(25-24-21)17-6-8-18(23)9-7-17;3-2(4,5)1(6)7/h2-11H,12-15H2,1H3,(H,24,25);(H,6,7)/b3-2+;. The molecule has 0 saturated carbocycles. The van der Waals surface area contributed by atoms with E-state index in [4.69, 9.17) is 14.6 Å². The lowest BCUT2D eigenvalue weighted by Crippen LogP contribution is -2.30. The summed E-state index contributed by atoms with van der Waals surface area (Å²) in [7, 11) is 1.67. The van der Waals surface area contributed by atoms with Gasteiger partial charge in [-0.25, -0.2) is 9.18 Å². The van der Waals surface area contributed by atoms with Gasteiger partial charge in [0.15, 0.2) is 0 Å². The summed E-state index contributed by atoms with van der Waals surface area (Å²) in [5.41, 5.74) is 5.43. The van der Waals surface area contributed by atoms with Gasteiger partial charge in [0.25, 0.3) is 0 Å². The highest BCUT2D eigenvalue weighted by Gasteiger charge is 2.38. The van der Waals surface area contributed by atoms with Crippen molar-refractivity contribution in [2.24, 2.45) is 0 Å². The normalized spacial score (nSPS) is 13.8. The molecule has 0 atom stereocenters. The summed E-state index contributed by atoms with van der Waals surface area (Å²) < 4.78 is 50.1. The number of carboxylic acid groups (broad SMARTS) is 1. The molecule has 1 aromatic heterocycles. The molecule has 3 aromatic rings. The molecule has 1 aliphatic heterocycles. The Hall–Kier alpha value is -3.66. The number of hydrogen-bond donors (Lipinski definition) is 2. The predicted molar refractivity (Wildman–Crippen MR) is 119 cm³/mol. The van der Waals surface area contributed by atoms with Crippen LogP contribution in [0.4, 0.5) is 17.6 Å². The maximum atomic E-state index is 13.2. The van der Waals surface area contributed by atoms with Crippen LogP contribution in [0.5, 0.6) is 5.75 Å². The van der Waals surface area contributed by atoms with Crippen molar-refractivity contribution >= 4 is 12.0 Å². The summed E-state index contributed by atoms with van der Waals surface area (Å²) in [5, 5.41) is 14.7. The van der Waals surface area contributed by atoms with E-state index < -0.39 is 12.1 Å². The molecule has 0 amide bonds. The van der Waals surface area contributed by atoms with E-state index in [2.05, 4.69) is 27.2 Å². The zero-order valence-electron chi connectivity index (χ0n) is 18.3. The molecule has 0 saturated heterocycles. The molecule has 4 rings (SSSR count). The summed E-state index contributed by atoms with van der Waals surface area (Å²) in [6, 6.07) is 14.6. The first-order chi connectivity index (χ1) is 16.2. The van der Waals surface area contributed by atoms with Crippen LogP contribution in [0.1, 0.15) is 16.8 Å². The first-order valence-electron chi connectivity index (χ1n) is 10.3. The molecular weight excluding hydrogens is 454 g/mol. The molecule has 2 heterocycles. The van der Waals surface area contributed by atoms with E-state index in [0.29, 0.717) is 0 Å². The van der Waals surface area contributed by atoms with Crippen molar-refractivity contribution in [2.45, 2.75) is 19.1 Å². The van der Waals surface area contributed by atoms with Gasteiger partial charge in [-0.3, -0.25) is 10.00 Å². The van der Waals surface area contributed by atoms with Crippen LogP contribution in [0.2, 0.25) is 0 Å².